The second kappa shape index (κ2) is 8.03. The normalized spacial score (nSPS) is 11.7. The Morgan fingerprint density at radius 2 is 1.87 bits per heavy atom. The molecule has 0 fully saturated rings. The maximum absolute atomic E-state index is 12.9. The van der Waals surface area contributed by atoms with Gasteiger partial charge in [0.15, 0.2) is 0 Å². The molecule has 4 rings (SSSR count). The van der Waals surface area contributed by atoms with Crippen LogP contribution >= 0.6 is 11.8 Å². The smallest absolute Gasteiger partial charge is 0.446 e. The summed E-state index contributed by atoms with van der Waals surface area (Å²) in [6.45, 7) is 0.140. The Balaban J connectivity index is 1.70. The van der Waals surface area contributed by atoms with Gasteiger partial charge in [-0.1, -0.05) is 6.07 Å². The number of pyridine rings is 1. The molecule has 2 aromatic carbocycles. The zero-order chi connectivity index (χ0) is 22.2. The van der Waals surface area contributed by atoms with Crippen LogP contribution in [-0.4, -0.2) is 31.8 Å². The summed E-state index contributed by atoms with van der Waals surface area (Å²) in [4.78, 5) is 17.2. The minimum Gasteiger partial charge on any atom is -0.496 e. The number of alkyl halides is 3. The quantitative estimate of drug-likeness (QED) is 0.454. The fourth-order valence-corrected chi connectivity index (χ4v) is 3.90. The Labute approximate surface area is 178 Å². The highest BCUT2D eigenvalue weighted by Crippen LogP contribution is 2.37. The minimum absolute atomic E-state index is 0.0152. The molecule has 4 aromatic rings. The van der Waals surface area contributed by atoms with Gasteiger partial charge in [-0.2, -0.15) is 13.2 Å². The third-order valence-corrected chi connectivity index (χ3v) is 5.38. The number of thioether (sulfide) groups is 1. The van der Waals surface area contributed by atoms with E-state index in [0.29, 0.717) is 11.3 Å². The lowest BCUT2D eigenvalue weighted by Gasteiger charge is -2.10. The summed E-state index contributed by atoms with van der Waals surface area (Å²) in [6.07, 6.45) is 2.90. The molecule has 10 heteroatoms. The van der Waals surface area contributed by atoms with Gasteiger partial charge in [0.2, 0.25) is 5.88 Å². The number of methoxy groups -OCH3 is 1. The molecule has 0 aliphatic rings. The third kappa shape index (κ3) is 4.24. The van der Waals surface area contributed by atoms with Crippen molar-refractivity contribution in [2.75, 3.05) is 7.11 Å². The average Bonchev–Trinajstić information content (AvgIpc) is 3.00. The van der Waals surface area contributed by atoms with Crippen molar-refractivity contribution in [3.8, 4) is 17.3 Å². The van der Waals surface area contributed by atoms with Crippen LogP contribution in [0.5, 0.6) is 11.6 Å². The highest BCUT2D eigenvalue weighted by Gasteiger charge is 2.29. The van der Waals surface area contributed by atoms with E-state index in [9.17, 15) is 23.1 Å². The van der Waals surface area contributed by atoms with Crippen molar-refractivity contribution < 1.29 is 23.0 Å². The Bertz CT molecular complexity index is 1290. The molecule has 0 saturated carbocycles. The molecular weight excluding hydrogens is 431 g/mol. The second-order valence-corrected chi connectivity index (χ2v) is 7.74. The zero-order valence-electron chi connectivity index (χ0n) is 16.1. The number of rotatable bonds is 5. The van der Waals surface area contributed by atoms with E-state index in [-0.39, 0.29) is 34.8 Å². The van der Waals surface area contributed by atoms with Crippen molar-refractivity contribution in [3.63, 3.8) is 0 Å². The molecule has 2 heterocycles. The van der Waals surface area contributed by atoms with E-state index in [1.165, 1.54) is 35.0 Å². The summed E-state index contributed by atoms with van der Waals surface area (Å²) in [5.41, 5.74) is -3.22. The van der Waals surface area contributed by atoms with Crippen LogP contribution < -0.4 is 10.4 Å². The van der Waals surface area contributed by atoms with Crippen LogP contribution in [0.2, 0.25) is 0 Å². The number of nitrogens with zero attached hydrogens (tertiary/aromatic N) is 3. The van der Waals surface area contributed by atoms with Gasteiger partial charge in [0.1, 0.15) is 5.75 Å². The first-order valence-electron chi connectivity index (χ1n) is 9.05. The van der Waals surface area contributed by atoms with Gasteiger partial charge in [0.25, 0.3) is 0 Å². The molecule has 1 N–H and O–H groups in total. The first kappa shape index (κ1) is 20.9. The minimum atomic E-state index is -4.40. The first-order chi connectivity index (χ1) is 14.8. The van der Waals surface area contributed by atoms with Gasteiger partial charge in [-0.15, -0.1) is 0 Å². The van der Waals surface area contributed by atoms with Crippen LogP contribution in [0.25, 0.3) is 16.6 Å². The molecular formula is C21H16F3N3O3S. The van der Waals surface area contributed by atoms with Gasteiger partial charge in [-0.05, 0) is 59.8 Å². The van der Waals surface area contributed by atoms with Crippen LogP contribution in [0.15, 0.2) is 70.6 Å². The largest absolute Gasteiger partial charge is 0.496 e. The van der Waals surface area contributed by atoms with Gasteiger partial charge in [0.05, 0.1) is 31.1 Å². The van der Waals surface area contributed by atoms with Crippen LogP contribution in [0.4, 0.5) is 13.2 Å². The summed E-state index contributed by atoms with van der Waals surface area (Å²) in [6, 6.07) is 12.4. The van der Waals surface area contributed by atoms with Gasteiger partial charge >= 0.3 is 11.2 Å². The van der Waals surface area contributed by atoms with Crippen molar-refractivity contribution in [2.45, 2.75) is 16.9 Å². The van der Waals surface area contributed by atoms with Crippen LogP contribution in [-0.2, 0) is 6.54 Å². The van der Waals surface area contributed by atoms with Crippen LogP contribution in [0, 0.1) is 0 Å². The fourth-order valence-electron chi connectivity index (χ4n) is 3.36. The summed E-state index contributed by atoms with van der Waals surface area (Å²) >= 11 is -0.248. The number of hydrogen-bond acceptors (Lipinski definition) is 5. The number of fused-ring (bicyclic) bond motifs is 1. The lowest BCUT2D eigenvalue weighted by Crippen LogP contribution is -2.23. The molecule has 160 valence electrons. The average molecular weight is 447 g/mol. The number of benzene rings is 2. The van der Waals surface area contributed by atoms with Crippen molar-refractivity contribution in [2.24, 2.45) is 0 Å². The lowest BCUT2D eigenvalue weighted by molar-refractivity contribution is -0.0328. The SMILES string of the molecule is COc1cccc2nccc(Cn3cc(O)n(-c4ccc(SC(F)(F)F)cc4)c3=O)c12. The molecule has 0 bridgehead atoms. The van der Waals surface area contributed by atoms with E-state index in [1.807, 2.05) is 12.1 Å². The molecule has 0 aliphatic heterocycles. The second-order valence-electron chi connectivity index (χ2n) is 6.60. The third-order valence-electron chi connectivity index (χ3n) is 4.64. The molecule has 0 aliphatic carbocycles. The lowest BCUT2D eigenvalue weighted by atomic mass is 10.1. The van der Waals surface area contributed by atoms with Crippen LogP contribution in [0.1, 0.15) is 5.56 Å². The summed E-state index contributed by atoms with van der Waals surface area (Å²) < 4.78 is 45.3. The zero-order valence-corrected chi connectivity index (χ0v) is 16.9. The molecule has 0 saturated heterocycles. The number of halogens is 3. The first-order valence-corrected chi connectivity index (χ1v) is 9.86. The number of ether oxygens (including phenoxy) is 1. The van der Waals surface area contributed by atoms with E-state index >= 15 is 0 Å². The van der Waals surface area contributed by atoms with Crippen LogP contribution in [0.3, 0.4) is 0 Å². The predicted molar refractivity (Wildman–Crippen MR) is 111 cm³/mol. The molecule has 0 atom stereocenters. The van der Waals surface area contributed by atoms with Crippen molar-refractivity contribution in [3.05, 3.63) is 77.0 Å². The van der Waals surface area contributed by atoms with E-state index in [0.717, 1.165) is 15.5 Å². The number of aromatic nitrogens is 3. The maximum Gasteiger partial charge on any atom is 0.446 e. The molecule has 0 spiro atoms. The Morgan fingerprint density at radius 1 is 1.13 bits per heavy atom. The van der Waals surface area contributed by atoms with E-state index in [2.05, 4.69) is 4.98 Å². The number of hydrogen-bond donors (Lipinski definition) is 1. The summed E-state index contributed by atoms with van der Waals surface area (Å²) in [7, 11) is 1.54. The van der Waals surface area contributed by atoms with Crippen molar-refractivity contribution in [1.82, 2.24) is 14.1 Å². The predicted octanol–water partition coefficient (Wildman–Crippen LogP) is 4.56. The Kier molecular flexibility index (Phi) is 5.40. The highest BCUT2D eigenvalue weighted by atomic mass is 32.2. The monoisotopic (exact) mass is 447 g/mol. The van der Waals surface area contributed by atoms with Crippen molar-refractivity contribution in [1.29, 1.82) is 0 Å². The highest BCUT2D eigenvalue weighted by molar-refractivity contribution is 8.00. The molecule has 0 radical (unpaired) electrons. The van der Waals surface area contributed by atoms with E-state index < -0.39 is 11.2 Å². The molecule has 0 amide bonds. The van der Waals surface area contributed by atoms with Crippen molar-refractivity contribution >= 4 is 22.7 Å². The van der Waals surface area contributed by atoms with E-state index in [4.69, 9.17) is 4.74 Å². The molecule has 0 unspecified atom stereocenters. The van der Waals surface area contributed by atoms with Gasteiger partial charge < -0.3 is 9.84 Å². The fraction of sp³-hybridized carbons (Fsp3) is 0.143. The van der Waals surface area contributed by atoms with Gasteiger partial charge in [-0.3, -0.25) is 9.55 Å². The molecule has 31 heavy (non-hydrogen) atoms. The Hall–Kier alpha value is -3.40. The summed E-state index contributed by atoms with van der Waals surface area (Å²) in [5.74, 6) is 0.279. The molecule has 2 aromatic heterocycles. The summed E-state index contributed by atoms with van der Waals surface area (Å²) in [5, 5.41) is 11.1. The maximum atomic E-state index is 12.9. The Morgan fingerprint density at radius 3 is 2.55 bits per heavy atom. The van der Waals surface area contributed by atoms with E-state index in [1.54, 1.807) is 25.4 Å². The number of imidazole rings is 1. The number of aromatic hydroxyl groups is 1. The topological polar surface area (TPSA) is 69.3 Å². The van der Waals surface area contributed by atoms with Gasteiger partial charge in [-0.25, -0.2) is 9.36 Å². The van der Waals surface area contributed by atoms with Gasteiger partial charge in [0, 0.05) is 16.5 Å². The molecule has 6 nitrogen and oxygen atoms in total. The standard InChI is InChI=1S/C21H16F3N3O3S/c1-30-17-4-2-3-16-19(17)13(9-10-25-16)11-26-12-18(28)27(20(26)29)14-5-7-15(8-6-14)31-21(22,23)24/h2-10,12,28H,11H2,1H3.